The van der Waals surface area contributed by atoms with Gasteiger partial charge < -0.3 is 14.4 Å². The van der Waals surface area contributed by atoms with Crippen LogP contribution in [0.15, 0.2) is 48.0 Å². The predicted molar refractivity (Wildman–Crippen MR) is 139 cm³/mol. The lowest BCUT2D eigenvalue weighted by Crippen LogP contribution is -2.40. The Morgan fingerprint density at radius 1 is 1.18 bits per heavy atom. The molecule has 1 amide bonds. The van der Waals surface area contributed by atoms with Crippen LogP contribution in [-0.4, -0.2) is 63.6 Å². The molecule has 10 nitrogen and oxygen atoms in total. The summed E-state index contributed by atoms with van der Waals surface area (Å²) in [6.45, 7) is 4.52. The molecule has 0 saturated carbocycles. The van der Waals surface area contributed by atoms with E-state index in [-0.39, 0.29) is 17.5 Å². The second-order valence-electron chi connectivity index (χ2n) is 9.50. The summed E-state index contributed by atoms with van der Waals surface area (Å²) in [7, 11) is 1.58. The molecule has 0 spiro atoms. The number of nitrogens with zero attached hydrogens (tertiary/aromatic N) is 7. The summed E-state index contributed by atoms with van der Waals surface area (Å²) >= 11 is 0. The van der Waals surface area contributed by atoms with Crippen LogP contribution in [0.1, 0.15) is 43.0 Å². The van der Waals surface area contributed by atoms with E-state index in [0.29, 0.717) is 43.1 Å². The summed E-state index contributed by atoms with van der Waals surface area (Å²) in [4.78, 5) is 14.8. The number of carbonyl (C=O) groups excluding carboxylic acids is 1. The molecule has 0 aromatic carbocycles. The molecule has 0 radical (unpaired) electrons. The molecule has 3 aromatic rings. The number of amides is 1. The first-order valence-corrected chi connectivity index (χ1v) is 12.7. The van der Waals surface area contributed by atoms with E-state index >= 15 is 0 Å². The fourth-order valence-corrected chi connectivity index (χ4v) is 5.19. The number of methoxy groups -OCH3 is 1. The third-order valence-electron chi connectivity index (χ3n) is 7.34. The average Bonchev–Trinajstić information content (AvgIpc) is 3.56. The van der Waals surface area contributed by atoms with Crippen molar-refractivity contribution in [2.75, 3.05) is 33.4 Å². The largest absolute Gasteiger partial charge is 0.494 e. The Bertz CT molecular complexity index is 1500. The third-order valence-corrected chi connectivity index (χ3v) is 7.34. The zero-order chi connectivity index (χ0) is 26.6. The van der Waals surface area contributed by atoms with Gasteiger partial charge in [-0.05, 0) is 44.7 Å². The standard InChI is InChI=1S/C28H29N7O3/c1-19-25(22-13-26(37-2)27-23(15-30)16-31-34(27)18-22)17-32-35(19)24-5-9-33(10-6-24)28(36)21(14-29)4-3-20-7-11-38-12-8-20/h3-4,13,16-18,24H,5-12H2,1-2H3/b21-4+. The maximum absolute atomic E-state index is 13.0. The molecule has 0 bridgehead atoms. The first-order valence-electron chi connectivity index (χ1n) is 12.7. The van der Waals surface area contributed by atoms with Crippen LogP contribution in [0.25, 0.3) is 16.6 Å². The van der Waals surface area contributed by atoms with Gasteiger partial charge in [0.1, 0.15) is 34.5 Å². The SMILES string of the molecule is COc1cc(-c2cnn(C3CCN(C(=O)/C(C#N)=C/C=C4CCOCC4)CC3)c2C)cn2ncc(C#N)c12. The lowest BCUT2D eigenvalue weighted by Gasteiger charge is -2.32. The smallest absolute Gasteiger partial charge is 0.264 e. The lowest BCUT2D eigenvalue weighted by molar-refractivity contribution is -0.128. The van der Waals surface area contributed by atoms with Gasteiger partial charge in [-0.25, -0.2) is 4.52 Å². The highest BCUT2D eigenvalue weighted by Crippen LogP contribution is 2.33. The van der Waals surface area contributed by atoms with Crippen molar-refractivity contribution >= 4 is 11.4 Å². The second-order valence-corrected chi connectivity index (χ2v) is 9.50. The van der Waals surface area contributed by atoms with Crippen LogP contribution in [0.5, 0.6) is 5.75 Å². The van der Waals surface area contributed by atoms with Crippen molar-refractivity contribution < 1.29 is 14.3 Å². The highest BCUT2D eigenvalue weighted by atomic mass is 16.5. The number of allylic oxidation sites excluding steroid dienone is 2. The summed E-state index contributed by atoms with van der Waals surface area (Å²) in [5, 5.41) is 28.0. The number of carbonyl (C=O) groups is 1. The van der Waals surface area contributed by atoms with Gasteiger partial charge in [-0.15, -0.1) is 0 Å². The molecule has 194 valence electrons. The molecule has 0 aliphatic carbocycles. The first-order chi connectivity index (χ1) is 18.5. The zero-order valence-electron chi connectivity index (χ0n) is 21.6. The molecule has 0 atom stereocenters. The minimum absolute atomic E-state index is 0.146. The van der Waals surface area contributed by atoms with Crippen molar-refractivity contribution in [1.82, 2.24) is 24.3 Å². The molecule has 5 heterocycles. The topological polar surface area (TPSA) is 121 Å². The number of pyridine rings is 1. The highest BCUT2D eigenvalue weighted by Gasteiger charge is 2.27. The second kappa shape index (κ2) is 10.9. The van der Waals surface area contributed by atoms with Gasteiger partial charge in [0.2, 0.25) is 0 Å². The number of hydrogen-bond donors (Lipinski definition) is 0. The maximum atomic E-state index is 13.0. The van der Waals surface area contributed by atoms with Gasteiger partial charge in [-0.1, -0.05) is 11.6 Å². The van der Waals surface area contributed by atoms with Gasteiger partial charge in [-0.2, -0.15) is 20.7 Å². The van der Waals surface area contributed by atoms with Gasteiger partial charge in [0, 0.05) is 36.1 Å². The molecule has 38 heavy (non-hydrogen) atoms. The van der Waals surface area contributed by atoms with Crippen molar-refractivity contribution in [2.24, 2.45) is 0 Å². The molecule has 0 N–H and O–H groups in total. The molecule has 3 aromatic heterocycles. The van der Waals surface area contributed by atoms with E-state index in [0.717, 1.165) is 42.5 Å². The third kappa shape index (κ3) is 4.79. The monoisotopic (exact) mass is 511 g/mol. The Morgan fingerprint density at radius 2 is 1.95 bits per heavy atom. The van der Waals surface area contributed by atoms with Gasteiger partial charge in [0.05, 0.1) is 38.8 Å². The number of hydrogen-bond acceptors (Lipinski definition) is 7. The van der Waals surface area contributed by atoms with E-state index in [2.05, 4.69) is 22.3 Å². The molecule has 5 rings (SSSR count). The number of aromatic nitrogens is 4. The van der Waals surface area contributed by atoms with Crippen LogP contribution in [0.2, 0.25) is 0 Å². The van der Waals surface area contributed by atoms with Crippen molar-refractivity contribution in [2.45, 2.75) is 38.6 Å². The molecule has 0 unspecified atom stereocenters. The minimum Gasteiger partial charge on any atom is -0.494 e. The minimum atomic E-state index is -0.218. The summed E-state index contributed by atoms with van der Waals surface area (Å²) in [5.74, 6) is 0.355. The van der Waals surface area contributed by atoms with Crippen molar-refractivity contribution in [3.63, 3.8) is 0 Å². The molecule has 2 fully saturated rings. The number of nitriles is 2. The average molecular weight is 512 g/mol. The van der Waals surface area contributed by atoms with Crippen LogP contribution >= 0.6 is 0 Å². The predicted octanol–water partition coefficient (Wildman–Crippen LogP) is 3.74. The molecule has 10 heteroatoms. The first kappa shape index (κ1) is 25.2. The van der Waals surface area contributed by atoms with Crippen LogP contribution in [0, 0.1) is 29.6 Å². The van der Waals surface area contributed by atoms with Gasteiger partial charge in [-0.3, -0.25) is 9.48 Å². The summed E-state index contributed by atoms with van der Waals surface area (Å²) in [6, 6.07) is 6.28. The molecular weight excluding hydrogens is 482 g/mol. The number of piperidine rings is 1. The zero-order valence-corrected chi connectivity index (χ0v) is 21.6. The summed E-state index contributed by atoms with van der Waals surface area (Å²) in [5.41, 5.74) is 5.31. The summed E-state index contributed by atoms with van der Waals surface area (Å²) in [6.07, 6.45) is 12.0. The van der Waals surface area contributed by atoms with E-state index in [1.165, 1.54) is 11.8 Å². The quantitative estimate of drug-likeness (QED) is 0.378. The van der Waals surface area contributed by atoms with Gasteiger partial charge >= 0.3 is 0 Å². The normalized spacial score (nSPS) is 16.8. The Kier molecular flexibility index (Phi) is 7.25. The molecule has 2 aliphatic rings. The summed E-state index contributed by atoms with van der Waals surface area (Å²) < 4.78 is 14.6. The van der Waals surface area contributed by atoms with Crippen LogP contribution in [-0.2, 0) is 9.53 Å². The van der Waals surface area contributed by atoms with Crippen LogP contribution in [0.3, 0.4) is 0 Å². The Labute approximate surface area is 221 Å². The number of rotatable bonds is 5. The van der Waals surface area contributed by atoms with E-state index in [9.17, 15) is 15.3 Å². The Hall–Kier alpha value is -4.41. The van der Waals surface area contributed by atoms with E-state index in [4.69, 9.17) is 9.47 Å². The van der Waals surface area contributed by atoms with Crippen LogP contribution in [0.4, 0.5) is 0 Å². The van der Waals surface area contributed by atoms with Crippen molar-refractivity contribution in [3.8, 4) is 29.0 Å². The maximum Gasteiger partial charge on any atom is 0.264 e. The van der Waals surface area contributed by atoms with Crippen LogP contribution < -0.4 is 4.74 Å². The number of likely N-dealkylation sites (tertiary alicyclic amines) is 1. The molecule has 2 aliphatic heterocycles. The van der Waals surface area contributed by atoms with E-state index < -0.39 is 0 Å². The Morgan fingerprint density at radius 3 is 2.63 bits per heavy atom. The Balaban J connectivity index is 1.30. The lowest BCUT2D eigenvalue weighted by atomic mass is 10.0. The molecule has 2 saturated heterocycles. The van der Waals surface area contributed by atoms with Gasteiger partial charge in [0.15, 0.2) is 0 Å². The fourth-order valence-electron chi connectivity index (χ4n) is 5.19. The molecular formula is C28H29N7O3. The number of ether oxygens (including phenoxy) is 2. The van der Waals surface area contributed by atoms with E-state index in [1.54, 1.807) is 22.6 Å². The van der Waals surface area contributed by atoms with Crippen molar-refractivity contribution in [1.29, 1.82) is 10.5 Å². The fraction of sp³-hybridized carbons (Fsp3) is 0.393. The highest BCUT2D eigenvalue weighted by molar-refractivity contribution is 5.97. The van der Waals surface area contributed by atoms with Gasteiger partial charge in [0.25, 0.3) is 5.91 Å². The number of fused-ring (bicyclic) bond motifs is 1. The van der Waals surface area contributed by atoms with Crippen molar-refractivity contribution in [3.05, 3.63) is 59.2 Å². The van der Waals surface area contributed by atoms with E-state index in [1.807, 2.05) is 36.1 Å².